The number of imidazole rings is 1. The molecular weight excluding hydrogens is 186 g/mol. The molecule has 0 aliphatic carbocycles. The zero-order valence-electron chi connectivity index (χ0n) is 8.99. The number of nitrogens with one attached hydrogen (secondary N) is 1. The third-order valence-corrected chi connectivity index (χ3v) is 2.67. The molecule has 0 spiro atoms. The molecule has 0 saturated heterocycles. The highest BCUT2D eigenvalue weighted by Gasteiger charge is 2.15. The Hall–Kier alpha value is -1.61. The highest BCUT2D eigenvalue weighted by atomic mass is 14.9. The summed E-state index contributed by atoms with van der Waals surface area (Å²) in [4.78, 5) is 7.25. The third kappa shape index (κ3) is 1.78. The summed E-state index contributed by atoms with van der Waals surface area (Å²) >= 11 is 0. The molecule has 0 aliphatic rings. The van der Waals surface area contributed by atoms with E-state index in [0.29, 0.717) is 0 Å². The lowest BCUT2D eigenvalue weighted by molar-refractivity contribution is 0.787. The molecule has 0 aliphatic heterocycles. The van der Waals surface area contributed by atoms with Crippen molar-refractivity contribution in [1.29, 1.82) is 0 Å². The summed E-state index contributed by atoms with van der Waals surface area (Å²) in [6.07, 6.45) is 3.52. The second kappa shape index (κ2) is 3.87. The van der Waals surface area contributed by atoms with Crippen LogP contribution in [0.4, 0.5) is 0 Å². The van der Waals surface area contributed by atoms with Crippen molar-refractivity contribution in [3.8, 4) is 0 Å². The van der Waals surface area contributed by atoms with E-state index in [-0.39, 0.29) is 6.04 Å². The Kier molecular flexibility index (Phi) is 2.56. The van der Waals surface area contributed by atoms with Crippen molar-refractivity contribution in [1.82, 2.24) is 9.97 Å². The minimum absolute atomic E-state index is 0.166. The summed E-state index contributed by atoms with van der Waals surface area (Å²) in [5.74, 6) is 0.812. The van der Waals surface area contributed by atoms with Gasteiger partial charge in [-0.3, -0.25) is 0 Å². The van der Waals surface area contributed by atoms with Gasteiger partial charge in [-0.2, -0.15) is 0 Å². The minimum Gasteiger partial charge on any atom is -0.347 e. The predicted molar refractivity (Wildman–Crippen MR) is 60.5 cm³/mol. The summed E-state index contributed by atoms with van der Waals surface area (Å²) < 4.78 is 0. The Morgan fingerprint density at radius 3 is 2.47 bits per heavy atom. The van der Waals surface area contributed by atoms with Gasteiger partial charge in [-0.15, -0.1) is 0 Å². The standard InChI is InChI=1S/C12H15N3/c1-8-4-3-5-9(2)10(8)11(13)12-14-6-7-15-12/h3-7,11H,13H2,1-2H3,(H,14,15). The molecule has 0 radical (unpaired) electrons. The van der Waals surface area contributed by atoms with Crippen LogP contribution in [0.5, 0.6) is 0 Å². The molecule has 2 aromatic rings. The summed E-state index contributed by atoms with van der Waals surface area (Å²) in [6, 6.07) is 6.03. The van der Waals surface area contributed by atoms with E-state index in [1.54, 1.807) is 12.4 Å². The van der Waals surface area contributed by atoms with E-state index in [1.807, 2.05) is 6.07 Å². The molecular formula is C12H15N3. The molecule has 3 nitrogen and oxygen atoms in total. The number of rotatable bonds is 2. The van der Waals surface area contributed by atoms with Crippen molar-refractivity contribution in [3.05, 3.63) is 53.1 Å². The number of aryl methyl sites for hydroxylation is 2. The van der Waals surface area contributed by atoms with E-state index < -0.39 is 0 Å². The van der Waals surface area contributed by atoms with Crippen molar-refractivity contribution < 1.29 is 0 Å². The largest absolute Gasteiger partial charge is 0.347 e. The molecule has 3 N–H and O–H groups in total. The molecule has 2 rings (SSSR count). The van der Waals surface area contributed by atoms with Crippen LogP contribution in [-0.2, 0) is 0 Å². The fraction of sp³-hybridized carbons (Fsp3) is 0.250. The number of aromatic amines is 1. The SMILES string of the molecule is Cc1cccc(C)c1C(N)c1ncc[nH]1. The molecule has 0 fully saturated rings. The molecule has 0 amide bonds. The molecule has 1 heterocycles. The van der Waals surface area contributed by atoms with Crippen LogP contribution in [0.1, 0.15) is 28.6 Å². The Balaban J connectivity index is 2.46. The highest BCUT2D eigenvalue weighted by Crippen LogP contribution is 2.23. The zero-order chi connectivity index (χ0) is 10.8. The van der Waals surface area contributed by atoms with Gasteiger partial charge in [0.2, 0.25) is 0 Å². The number of benzene rings is 1. The maximum Gasteiger partial charge on any atom is 0.127 e. The third-order valence-electron chi connectivity index (χ3n) is 2.67. The first-order valence-electron chi connectivity index (χ1n) is 5.01. The second-order valence-corrected chi connectivity index (χ2v) is 3.76. The van der Waals surface area contributed by atoms with Crippen molar-refractivity contribution in [2.75, 3.05) is 0 Å². The van der Waals surface area contributed by atoms with Gasteiger partial charge in [-0.25, -0.2) is 4.98 Å². The van der Waals surface area contributed by atoms with Gasteiger partial charge in [0.1, 0.15) is 5.82 Å². The summed E-state index contributed by atoms with van der Waals surface area (Å²) in [6.45, 7) is 4.15. The average molecular weight is 201 g/mol. The van der Waals surface area contributed by atoms with Gasteiger partial charge in [0.25, 0.3) is 0 Å². The Morgan fingerprint density at radius 2 is 1.93 bits per heavy atom. The molecule has 3 heteroatoms. The van der Waals surface area contributed by atoms with E-state index in [1.165, 1.54) is 11.1 Å². The Labute approximate surface area is 89.4 Å². The van der Waals surface area contributed by atoms with Crippen molar-refractivity contribution >= 4 is 0 Å². The van der Waals surface area contributed by atoms with Crippen LogP contribution >= 0.6 is 0 Å². The maximum absolute atomic E-state index is 6.17. The number of nitrogens with two attached hydrogens (primary N) is 1. The molecule has 0 bridgehead atoms. The topological polar surface area (TPSA) is 54.7 Å². The van der Waals surface area contributed by atoms with Crippen molar-refractivity contribution in [2.45, 2.75) is 19.9 Å². The van der Waals surface area contributed by atoms with Crippen LogP contribution in [0.2, 0.25) is 0 Å². The van der Waals surface area contributed by atoms with Gasteiger partial charge >= 0.3 is 0 Å². The van der Waals surface area contributed by atoms with Crippen LogP contribution in [-0.4, -0.2) is 9.97 Å². The van der Waals surface area contributed by atoms with Crippen LogP contribution in [0.25, 0.3) is 0 Å². The van der Waals surface area contributed by atoms with Gasteiger partial charge in [-0.1, -0.05) is 18.2 Å². The maximum atomic E-state index is 6.17. The second-order valence-electron chi connectivity index (χ2n) is 3.76. The van der Waals surface area contributed by atoms with Crippen molar-refractivity contribution in [3.63, 3.8) is 0 Å². The van der Waals surface area contributed by atoms with Gasteiger partial charge in [-0.05, 0) is 30.5 Å². The van der Waals surface area contributed by atoms with E-state index in [2.05, 4.69) is 35.9 Å². The average Bonchev–Trinajstić information content (AvgIpc) is 2.69. The highest BCUT2D eigenvalue weighted by molar-refractivity contribution is 5.38. The Bertz CT molecular complexity index is 426. The number of hydrogen-bond acceptors (Lipinski definition) is 2. The van der Waals surface area contributed by atoms with Crippen LogP contribution < -0.4 is 5.73 Å². The number of nitrogens with zero attached hydrogens (tertiary/aromatic N) is 1. The first-order chi connectivity index (χ1) is 7.20. The molecule has 0 saturated carbocycles. The molecule has 1 aromatic heterocycles. The van der Waals surface area contributed by atoms with Gasteiger partial charge in [0.15, 0.2) is 0 Å². The van der Waals surface area contributed by atoms with E-state index >= 15 is 0 Å². The first kappa shape index (κ1) is 9.93. The molecule has 15 heavy (non-hydrogen) atoms. The lowest BCUT2D eigenvalue weighted by atomic mass is 9.96. The van der Waals surface area contributed by atoms with Gasteiger partial charge < -0.3 is 10.7 Å². The fourth-order valence-electron chi connectivity index (χ4n) is 1.90. The lowest BCUT2D eigenvalue weighted by Crippen LogP contribution is -2.16. The number of aromatic nitrogens is 2. The summed E-state index contributed by atoms with van der Waals surface area (Å²) in [5.41, 5.74) is 9.74. The van der Waals surface area contributed by atoms with E-state index in [0.717, 1.165) is 11.4 Å². The normalized spacial score (nSPS) is 12.7. The molecule has 1 atom stereocenters. The summed E-state index contributed by atoms with van der Waals surface area (Å²) in [7, 11) is 0. The molecule has 1 aromatic carbocycles. The predicted octanol–water partition coefficient (Wildman–Crippen LogP) is 2.07. The van der Waals surface area contributed by atoms with Crippen LogP contribution in [0, 0.1) is 13.8 Å². The molecule has 78 valence electrons. The van der Waals surface area contributed by atoms with E-state index in [9.17, 15) is 0 Å². The minimum atomic E-state index is -0.166. The smallest absolute Gasteiger partial charge is 0.127 e. The van der Waals surface area contributed by atoms with E-state index in [4.69, 9.17) is 5.73 Å². The first-order valence-corrected chi connectivity index (χ1v) is 5.01. The number of hydrogen-bond donors (Lipinski definition) is 2. The van der Waals surface area contributed by atoms with Crippen LogP contribution in [0.15, 0.2) is 30.6 Å². The monoisotopic (exact) mass is 201 g/mol. The van der Waals surface area contributed by atoms with Gasteiger partial charge in [0.05, 0.1) is 6.04 Å². The Morgan fingerprint density at radius 1 is 1.27 bits per heavy atom. The zero-order valence-corrected chi connectivity index (χ0v) is 8.99. The lowest BCUT2D eigenvalue weighted by Gasteiger charge is -2.15. The number of H-pyrrole nitrogens is 1. The van der Waals surface area contributed by atoms with Crippen LogP contribution in [0.3, 0.4) is 0 Å². The summed E-state index contributed by atoms with van der Waals surface area (Å²) in [5, 5.41) is 0. The molecule has 1 unspecified atom stereocenters. The fourth-order valence-corrected chi connectivity index (χ4v) is 1.90. The van der Waals surface area contributed by atoms with Crippen molar-refractivity contribution in [2.24, 2.45) is 5.73 Å². The quantitative estimate of drug-likeness (QED) is 0.781. The van der Waals surface area contributed by atoms with Gasteiger partial charge in [0, 0.05) is 12.4 Å².